The highest BCUT2D eigenvalue weighted by Gasteiger charge is 2.37. The molecule has 28 heavy (non-hydrogen) atoms. The summed E-state index contributed by atoms with van der Waals surface area (Å²) in [5.41, 5.74) is 1.12. The molecule has 3 amide bonds. The van der Waals surface area contributed by atoms with Gasteiger partial charge in [0.2, 0.25) is 5.91 Å². The topological polar surface area (TPSA) is 106 Å². The molecule has 148 valence electrons. The fraction of sp³-hybridized carbons (Fsp3) is 0.316. The van der Waals surface area contributed by atoms with E-state index in [1.165, 1.54) is 17.4 Å². The third kappa shape index (κ3) is 4.56. The molecule has 0 bridgehead atoms. The molecule has 0 spiro atoms. The summed E-state index contributed by atoms with van der Waals surface area (Å²) in [6.07, 6.45) is -1.58. The van der Waals surface area contributed by atoms with Crippen molar-refractivity contribution in [3.05, 3.63) is 52.9 Å². The van der Waals surface area contributed by atoms with Crippen LogP contribution in [0.2, 0.25) is 0 Å². The summed E-state index contributed by atoms with van der Waals surface area (Å²) in [6, 6.07) is 10.5. The SMILES string of the molecule is CCOC(=O)NC(=O)c1ccsc1NC(=O)C1NC(c2ccccc2)OC1C. The van der Waals surface area contributed by atoms with Crippen molar-refractivity contribution in [2.24, 2.45) is 0 Å². The van der Waals surface area contributed by atoms with Gasteiger partial charge in [-0.05, 0) is 30.9 Å². The van der Waals surface area contributed by atoms with Crippen molar-refractivity contribution in [3.63, 3.8) is 0 Å². The molecular formula is C19H21N3O5S. The molecule has 3 rings (SSSR count). The lowest BCUT2D eigenvalue weighted by Gasteiger charge is -2.14. The van der Waals surface area contributed by atoms with E-state index in [0.29, 0.717) is 5.00 Å². The maximum atomic E-state index is 12.7. The molecule has 1 aliphatic heterocycles. The number of carbonyl (C=O) groups excluding carboxylic acids is 3. The van der Waals surface area contributed by atoms with Crippen LogP contribution >= 0.6 is 11.3 Å². The molecule has 2 aromatic rings. The van der Waals surface area contributed by atoms with Gasteiger partial charge in [-0.3, -0.25) is 20.2 Å². The van der Waals surface area contributed by atoms with Crippen molar-refractivity contribution in [2.75, 3.05) is 11.9 Å². The number of nitrogens with one attached hydrogen (secondary N) is 3. The smallest absolute Gasteiger partial charge is 0.414 e. The second kappa shape index (κ2) is 8.96. The number of rotatable bonds is 5. The zero-order valence-electron chi connectivity index (χ0n) is 15.4. The van der Waals surface area contributed by atoms with Crippen LogP contribution in [-0.4, -0.2) is 36.7 Å². The average Bonchev–Trinajstić information content (AvgIpc) is 3.29. The van der Waals surface area contributed by atoms with E-state index in [1.54, 1.807) is 12.3 Å². The van der Waals surface area contributed by atoms with Gasteiger partial charge in [0, 0.05) is 0 Å². The van der Waals surface area contributed by atoms with E-state index in [1.807, 2.05) is 37.3 Å². The van der Waals surface area contributed by atoms with Crippen molar-refractivity contribution >= 4 is 34.2 Å². The molecule has 1 aromatic heterocycles. The molecule has 0 radical (unpaired) electrons. The molecule has 2 heterocycles. The maximum absolute atomic E-state index is 12.7. The average molecular weight is 403 g/mol. The molecule has 1 aliphatic rings. The highest BCUT2D eigenvalue weighted by atomic mass is 32.1. The Kier molecular flexibility index (Phi) is 6.40. The van der Waals surface area contributed by atoms with E-state index in [4.69, 9.17) is 9.47 Å². The van der Waals surface area contributed by atoms with Gasteiger partial charge in [0.25, 0.3) is 5.91 Å². The van der Waals surface area contributed by atoms with Crippen LogP contribution in [0.3, 0.4) is 0 Å². The Hall–Kier alpha value is -2.75. The lowest BCUT2D eigenvalue weighted by atomic mass is 10.1. The first-order valence-electron chi connectivity index (χ1n) is 8.82. The van der Waals surface area contributed by atoms with E-state index in [9.17, 15) is 14.4 Å². The quantitative estimate of drug-likeness (QED) is 0.709. The number of imide groups is 1. The molecule has 3 unspecified atom stereocenters. The van der Waals surface area contributed by atoms with Crippen molar-refractivity contribution in [1.82, 2.24) is 10.6 Å². The van der Waals surface area contributed by atoms with Crippen molar-refractivity contribution in [1.29, 1.82) is 0 Å². The number of carbonyl (C=O) groups is 3. The van der Waals surface area contributed by atoms with E-state index in [0.717, 1.165) is 5.56 Å². The number of alkyl carbamates (subject to hydrolysis) is 1. The van der Waals surface area contributed by atoms with Crippen molar-refractivity contribution in [3.8, 4) is 0 Å². The van der Waals surface area contributed by atoms with E-state index < -0.39 is 18.0 Å². The second-order valence-corrected chi connectivity index (χ2v) is 7.02. The predicted octanol–water partition coefficient (Wildman–Crippen LogP) is 2.65. The summed E-state index contributed by atoms with van der Waals surface area (Å²) in [6.45, 7) is 3.60. The highest BCUT2D eigenvalue weighted by Crippen LogP contribution is 2.27. The molecule has 1 fully saturated rings. The maximum Gasteiger partial charge on any atom is 0.414 e. The molecule has 3 atom stereocenters. The molecule has 3 N–H and O–H groups in total. The van der Waals surface area contributed by atoms with Gasteiger partial charge in [-0.1, -0.05) is 30.3 Å². The minimum atomic E-state index is -0.832. The lowest BCUT2D eigenvalue weighted by molar-refractivity contribution is -0.118. The number of hydrogen-bond donors (Lipinski definition) is 3. The zero-order chi connectivity index (χ0) is 20.1. The van der Waals surface area contributed by atoms with Crippen molar-refractivity contribution < 1.29 is 23.9 Å². The Morgan fingerprint density at radius 1 is 1.21 bits per heavy atom. The van der Waals surface area contributed by atoms with E-state index in [-0.39, 0.29) is 30.4 Å². The predicted molar refractivity (Wildman–Crippen MR) is 104 cm³/mol. The summed E-state index contributed by atoms with van der Waals surface area (Å²) in [7, 11) is 0. The van der Waals surface area contributed by atoms with Gasteiger partial charge in [0.15, 0.2) is 0 Å². The molecule has 8 nitrogen and oxygen atoms in total. The summed E-state index contributed by atoms with van der Waals surface area (Å²) < 4.78 is 10.5. The van der Waals surface area contributed by atoms with Gasteiger partial charge in [-0.15, -0.1) is 11.3 Å². The van der Waals surface area contributed by atoms with Gasteiger partial charge in [-0.25, -0.2) is 4.79 Å². The minimum absolute atomic E-state index is 0.153. The van der Waals surface area contributed by atoms with Crippen LogP contribution in [0.15, 0.2) is 41.8 Å². The second-order valence-electron chi connectivity index (χ2n) is 6.10. The highest BCUT2D eigenvalue weighted by molar-refractivity contribution is 7.14. The van der Waals surface area contributed by atoms with Gasteiger partial charge in [0.05, 0.1) is 18.3 Å². The third-order valence-corrected chi connectivity index (χ3v) is 5.00. The summed E-state index contributed by atoms with van der Waals surface area (Å²) >= 11 is 1.19. The van der Waals surface area contributed by atoms with Crippen LogP contribution in [0.4, 0.5) is 9.80 Å². The van der Waals surface area contributed by atoms with Crippen LogP contribution in [-0.2, 0) is 14.3 Å². The third-order valence-electron chi connectivity index (χ3n) is 4.17. The molecular weight excluding hydrogens is 382 g/mol. The Morgan fingerprint density at radius 3 is 2.68 bits per heavy atom. The molecule has 1 aromatic carbocycles. The Bertz CT molecular complexity index is 854. The van der Waals surface area contributed by atoms with Crippen LogP contribution < -0.4 is 16.0 Å². The minimum Gasteiger partial charge on any atom is -0.450 e. The number of hydrogen-bond acceptors (Lipinski definition) is 7. The summed E-state index contributed by atoms with van der Waals surface area (Å²) in [5, 5.41) is 10.0. The number of thiophene rings is 1. The zero-order valence-corrected chi connectivity index (χ0v) is 16.2. The summed E-state index contributed by atoms with van der Waals surface area (Å²) in [4.78, 5) is 36.4. The normalized spacial score (nSPS) is 21.1. The van der Waals surface area contributed by atoms with Crippen LogP contribution in [0.5, 0.6) is 0 Å². The Labute approximate surface area is 166 Å². The van der Waals surface area contributed by atoms with Gasteiger partial charge in [-0.2, -0.15) is 0 Å². The number of anilines is 1. The Morgan fingerprint density at radius 2 is 1.96 bits per heavy atom. The van der Waals surface area contributed by atoms with Crippen LogP contribution in [0, 0.1) is 0 Å². The van der Waals surface area contributed by atoms with Gasteiger partial charge >= 0.3 is 6.09 Å². The number of ether oxygens (including phenoxy) is 2. The number of benzene rings is 1. The van der Waals surface area contributed by atoms with Crippen LogP contribution in [0.25, 0.3) is 0 Å². The molecule has 0 aliphatic carbocycles. The first-order chi connectivity index (χ1) is 13.5. The standard InChI is InChI=1S/C19H21N3O5S/c1-3-26-19(25)22-15(23)13-9-10-28-18(13)21-16(24)14-11(2)27-17(20-14)12-7-5-4-6-8-12/h4-11,14,17,20H,3H2,1-2H3,(H,21,24)(H,22,23,25). The first kappa shape index (κ1) is 20.0. The summed E-state index contributed by atoms with van der Waals surface area (Å²) in [5.74, 6) is -0.959. The fourth-order valence-corrected chi connectivity index (χ4v) is 3.61. The molecule has 0 saturated carbocycles. The molecule has 9 heteroatoms. The van der Waals surface area contributed by atoms with Crippen LogP contribution in [0.1, 0.15) is 36.0 Å². The first-order valence-corrected chi connectivity index (χ1v) is 9.70. The fourth-order valence-electron chi connectivity index (χ4n) is 2.82. The van der Waals surface area contributed by atoms with Gasteiger partial charge < -0.3 is 14.8 Å². The van der Waals surface area contributed by atoms with Crippen molar-refractivity contribution in [2.45, 2.75) is 32.2 Å². The monoisotopic (exact) mass is 403 g/mol. The molecule has 1 saturated heterocycles. The van der Waals surface area contributed by atoms with E-state index >= 15 is 0 Å². The van der Waals surface area contributed by atoms with Gasteiger partial charge in [0.1, 0.15) is 17.3 Å². The lowest BCUT2D eigenvalue weighted by Crippen LogP contribution is -2.42. The number of amides is 3. The van der Waals surface area contributed by atoms with E-state index in [2.05, 4.69) is 16.0 Å². The largest absolute Gasteiger partial charge is 0.450 e. The Balaban J connectivity index is 1.65.